The summed E-state index contributed by atoms with van der Waals surface area (Å²) in [5.41, 5.74) is 0.981. The van der Waals surface area contributed by atoms with Crippen LogP contribution in [0.1, 0.15) is 18.4 Å². The number of carboxylic acid groups (broad SMARTS) is 1. The van der Waals surface area contributed by atoms with Gasteiger partial charge in [0.1, 0.15) is 6.04 Å². The van der Waals surface area contributed by atoms with E-state index in [-0.39, 0.29) is 12.3 Å². The molecule has 3 aromatic rings. The molecule has 0 aliphatic carbocycles. The molecule has 1 aliphatic heterocycles. The van der Waals surface area contributed by atoms with Crippen molar-refractivity contribution in [1.29, 1.82) is 0 Å². The van der Waals surface area contributed by atoms with Crippen LogP contribution in [0.25, 0.3) is 21.5 Å². The summed E-state index contributed by atoms with van der Waals surface area (Å²) in [5, 5.41) is 13.7. The number of carbonyl (C=O) groups excluding carboxylic acids is 1. The van der Waals surface area contributed by atoms with Gasteiger partial charge in [-0.3, -0.25) is 4.79 Å². The van der Waals surface area contributed by atoms with Gasteiger partial charge in [0.05, 0.1) is 6.42 Å². The Balaban J connectivity index is 1.79. The van der Waals surface area contributed by atoms with Gasteiger partial charge in [0.15, 0.2) is 0 Å². The van der Waals surface area contributed by atoms with E-state index >= 15 is 0 Å². The Bertz CT molecular complexity index is 925. The molecule has 0 unspecified atom stereocenters. The fourth-order valence-corrected chi connectivity index (χ4v) is 3.87. The number of benzene rings is 3. The molecule has 1 atom stereocenters. The number of rotatable bonds is 3. The SMILES string of the molecule is O=C(O)[C@@H]1CCCN1C(=O)Cc1c2ccccc2cc2ccccc12. The van der Waals surface area contributed by atoms with E-state index < -0.39 is 12.0 Å². The molecule has 0 saturated carbocycles. The first-order chi connectivity index (χ1) is 12.1. The third-order valence-electron chi connectivity index (χ3n) is 5.07. The lowest BCUT2D eigenvalue weighted by Gasteiger charge is -2.22. The maximum atomic E-state index is 12.9. The van der Waals surface area contributed by atoms with Gasteiger partial charge in [-0.15, -0.1) is 0 Å². The van der Waals surface area contributed by atoms with E-state index in [1.165, 1.54) is 4.90 Å². The lowest BCUT2D eigenvalue weighted by molar-refractivity contribution is -0.147. The van der Waals surface area contributed by atoms with E-state index in [0.29, 0.717) is 13.0 Å². The Morgan fingerprint density at radius 3 is 2.20 bits per heavy atom. The molecule has 126 valence electrons. The van der Waals surface area contributed by atoms with Crippen molar-refractivity contribution in [2.45, 2.75) is 25.3 Å². The van der Waals surface area contributed by atoms with Crippen LogP contribution in [0, 0.1) is 0 Å². The Morgan fingerprint density at radius 2 is 1.60 bits per heavy atom. The summed E-state index contributed by atoms with van der Waals surface area (Å²) >= 11 is 0. The second-order valence-corrected chi connectivity index (χ2v) is 6.56. The highest BCUT2D eigenvalue weighted by molar-refractivity contribution is 6.04. The van der Waals surface area contributed by atoms with E-state index in [1.54, 1.807) is 0 Å². The molecule has 4 nitrogen and oxygen atoms in total. The molecular formula is C21H19NO3. The van der Waals surface area contributed by atoms with E-state index in [9.17, 15) is 14.7 Å². The van der Waals surface area contributed by atoms with Crippen LogP contribution < -0.4 is 0 Å². The average molecular weight is 333 g/mol. The van der Waals surface area contributed by atoms with Crippen molar-refractivity contribution < 1.29 is 14.7 Å². The molecule has 1 aliphatic rings. The molecule has 1 amide bonds. The molecule has 4 rings (SSSR count). The zero-order chi connectivity index (χ0) is 17.4. The fourth-order valence-electron chi connectivity index (χ4n) is 3.87. The zero-order valence-electron chi connectivity index (χ0n) is 13.8. The highest BCUT2D eigenvalue weighted by Crippen LogP contribution is 2.30. The van der Waals surface area contributed by atoms with Crippen molar-refractivity contribution in [3.8, 4) is 0 Å². The van der Waals surface area contributed by atoms with Crippen molar-refractivity contribution >= 4 is 33.4 Å². The summed E-state index contributed by atoms with van der Waals surface area (Å²) < 4.78 is 0. The maximum Gasteiger partial charge on any atom is 0.326 e. The number of carbonyl (C=O) groups is 2. The van der Waals surface area contributed by atoms with Crippen LogP contribution in [-0.2, 0) is 16.0 Å². The van der Waals surface area contributed by atoms with Crippen molar-refractivity contribution in [2.24, 2.45) is 0 Å². The molecule has 1 N–H and O–H groups in total. The van der Waals surface area contributed by atoms with Crippen LogP contribution in [0.2, 0.25) is 0 Å². The summed E-state index contributed by atoms with van der Waals surface area (Å²) in [7, 11) is 0. The predicted octanol–water partition coefficient (Wildman–Crippen LogP) is 3.61. The van der Waals surface area contributed by atoms with Gasteiger partial charge in [-0.25, -0.2) is 4.79 Å². The normalized spacial score (nSPS) is 17.3. The molecule has 1 fully saturated rings. The molecule has 3 aromatic carbocycles. The first kappa shape index (κ1) is 15.6. The van der Waals surface area contributed by atoms with Crippen molar-refractivity contribution in [3.05, 3.63) is 60.2 Å². The zero-order valence-corrected chi connectivity index (χ0v) is 13.8. The van der Waals surface area contributed by atoms with Gasteiger partial charge in [0.2, 0.25) is 5.91 Å². The predicted molar refractivity (Wildman–Crippen MR) is 97.5 cm³/mol. The molecule has 0 aromatic heterocycles. The van der Waals surface area contributed by atoms with Crippen LogP contribution in [0.15, 0.2) is 54.6 Å². The average Bonchev–Trinajstić information content (AvgIpc) is 3.11. The molecule has 0 spiro atoms. The number of fused-ring (bicyclic) bond motifs is 2. The number of nitrogens with zero attached hydrogens (tertiary/aromatic N) is 1. The first-order valence-electron chi connectivity index (χ1n) is 8.57. The first-order valence-corrected chi connectivity index (χ1v) is 8.57. The van der Waals surface area contributed by atoms with E-state index in [1.807, 2.05) is 48.5 Å². The number of hydrogen-bond acceptors (Lipinski definition) is 2. The monoisotopic (exact) mass is 333 g/mol. The summed E-state index contributed by atoms with van der Waals surface area (Å²) in [6, 6.07) is 17.5. The van der Waals surface area contributed by atoms with Crippen molar-refractivity contribution in [1.82, 2.24) is 4.90 Å². The molecule has 1 saturated heterocycles. The lowest BCUT2D eigenvalue weighted by atomic mass is 9.94. The summed E-state index contributed by atoms with van der Waals surface area (Å²) in [6.45, 7) is 0.526. The van der Waals surface area contributed by atoms with Crippen LogP contribution in [0.4, 0.5) is 0 Å². The van der Waals surface area contributed by atoms with Crippen LogP contribution in [-0.4, -0.2) is 34.5 Å². The molecule has 25 heavy (non-hydrogen) atoms. The number of likely N-dealkylation sites (tertiary alicyclic amines) is 1. The largest absolute Gasteiger partial charge is 0.480 e. The number of carboxylic acids is 1. The standard InChI is InChI=1S/C21H19NO3/c23-20(22-11-5-10-19(22)21(24)25)13-18-16-8-3-1-6-14(16)12-15-7-2-4-9-17(15)18/h1-4,6-9,12,19H,5,10-11,13H2,(H,24,25)/t19-/m0/s1. The Labute approximate surface area is 145 Å². The highest BCUT2D eigenvalue weighted by atomic mass is 16.4. The highest BCUT2D eigenvalue weighted by Gasteiger charge is 2.34. The lowest BCUT2D eigenvalue weighted by Crippen LogP contribution is -2.41. The van der Waals surface area contributed by atoms with Gasteiger partial charge >= 0.3 is 5.97 Å². The van der Waals surface area contributed by atoms with E-state index in [0.717, 1.165) is 33.5 Å². The van der Waals surface area contributed by atoms with E-state index in [2.05, 4.69) is 6.07 Å². The minimum absolute atomic E-state index is 0.105. The van der Waals surface area contributed by atoms with E-state index in [4.69, 9.17) is 0 Å². The Kier molecular flexibility index (Phi) is 3.88. The third-order valence-corrected chi connectivity index (χ3v) is 5.07. The quantitative estimate of drug-likeness (QED) is 0.745. The summed E-state index contributed by atoms with van der Waals surface area (Å²) in [6.07, 6.45) is 1.52. The molecule has 1 heterocycles. The van der Waals surface area contributed by atoms with Gasteiger partial charge in [-0.1, -0.05) is 48.5 Å². The molecule has 0 radical (unpaired) electrons. The van der Waals surface area contributed by atoms with Crippen LogP contribution in [0.3, 0.4) is 0 Å². The third kappa shape index (κ3) is 2.74. The van der Waals surface area contributed by atoms with Gasteiger partial charge in [-0.05, 0) is 46.0 Å². The van der Waals surface area contributed by atoms with Crippen LogP contribution >= 0.6 is 0 Å². The smallest absolute Gasteiger partial charge is 0.326 e. The second kappa shape index (κ2) is 6.20. The second-order valence-electron chi connectivity index (χ2n) is 6.56. The van der Waals surface area contributed by atoms with Gasteiger partial charge < -0.3 is 10.0 Å². The maximum absolute atomic E-state index is 12.9. The minimum atomic E-state index is -0.909. The Hall–Kier alpha value is -2.88. The van der Waals surface area contributed by atoms with Gasteiger partial charge in [0, 0.05) is 6.54 Å². The molecular weight excluding hydrogens is 314 g/mol. The summed E-state index contributed by atoms with van der Waals surface area (Å²) in [4.78, 5) is 25.8. The van der Waals surface area contributed by atoms with Crippen molar-refractivity contribution in [2.75, 3.05) is 6.54 Å². The van der Waals surface area contributed by atoms with Gasteiger partial charge in [-0.2, -0.15) is 0 Å². The Morgan fingerprint density at radius 1 is 1.00 bits per heavy atom. The number of hydrogen-bond donors (Lipinski definition) is 1. The molecule has 4 heteroatoms. The number of amides is 1. The van der Waals surface area contributed by atoms with Crippen LogP contribution in [0.5, 0.6) is 0 Å². The number of aliphatic carboxylic acids is 1. The van der Waals surface area contributed by atoms with Gasteiger partial charge in [0.25, 0.3) is 0 Å². The fraction of sp³-hybridized carbons (Fsp3) is 0.238. The summed E-state index contributed by atoms with van der Waals surface area (Å²) in [5.74, 6) is -1.01. The molecule has 0 bridgehead atoms. The topological polar surface area (TPSA) is 57.6 Å². The van der Waals surface area contributed by atoms with Crippen molar-refractivity contribution in [3.63, 3.8) is 0 Å². The minimum Gasteiger partial charge on any atom is -0.480 e.